The number of rotatable bonds is 6. The van der Waals surface area contributed by atoms with Crippen LogP contribution in [-0.4, -0.2) is 19.5 Å². The summed E-state index contributed by atoms with van der Waals surface area (Å²) in [7, 11) is 0. The molecule has 218 valence electrons. The molecule has 0 aliphatic heterocycles. The molecule has 0 unspecified atom stereocenters. The van der Waals surface area contributed by atoms with Crippen molar-refractivity contribution in [2.75, 3.05) is 0 Å². The minimum atomic E-state index is 0.150. The summed E-state index contributed by atoms with van der Waals surface area (Å²) in [5, 5.41) is 2.55. The fraction of sp³-hybridized carbons (Fsp3) is 0. The molecule has 0 aliphatic rings. The first-order chi connectivity index (χ1) is 22.7. The van der Waals surface area contributed by atoms with Crippen molar-refractivity contribution in [2.24, 2.45) is 0 Å². The summed E-state index contributed by atoms with van der Waals surface area (Å²) in [6.07, 6.45) is 4.11. The summed E-state index contributed by atoms with van der Waals surface area (Å²) >= 11 is 6.57. The van der Waals surface area contributed by atoms with Gasteiger partial charge in [0, 0.05) is 29.1 Å². The molecule has 0 aliphatic carbocycles. The van der Waals surface area contributed by atoms with E-state index in [9.17, 15) is 0 Å². The first kappa shape index (κ1) is 27.7. The standard InChI is InChI=1S/C41H27ClN4/c42-41-44-39(31-17-10-16-30(26-31)35-21-11-15-29-14-4-5-18-33(29)35)43-40(45-41)32-22-23-37(38(27-32)46-24-8-9-25-46)36-20-7-6-19-34(36)28-12-2-1-3-13-28/h1-27H. The van der Waals surface area contributed by atoms with Crippen LogP contribution < -0.4 is 0 Å². The third-order valence-corrected chi connectivity index (χ3v) is 8.44. The molecular weight excluding hydrogens is 584 g/mol. The van der Waals surface area contributed by atoms with Gasteiger partial charge in [0.15, 0.2) is 11.6 Å². The van der Waals surface area contributed by atoms with Crippen LogP contribution in [0.15, 0.2) is 164 Å². The van der Waals surface area contributed by atoms with Crippen molar-refractivity contribution in [3.63, 3.8) is 0 Å². The van der Waals surface area contributed by atoms with E-state index < -0.39 is 0 Å². The van der Waals surface area contributed by atoms with Gasteiger partial charge in [-0.25, -0.2) is 4.98 Å². The second-order valence-electron chi connectivity index (χ2n) is 11.1. The van der Waals surface area contributed by atoms with Crippen molar-refractivity contribution in [1.29, 1.82) is 0 Å². The first-order valence-electron chi connectivity index (χ1n) is 15.1. The van der Waals surface area contributed by atoms with E-state index in [-0.39, 0.29) is 5.28 Å². The van der Waals surface area contributed by atoms with Crippen LogP contribution in [0.1, 0.15) is 0 Å². The molecule has 0 spiro atoms. The van der Waals surface area contributed by atoms with Crippen LogP contribution in [0.2, 0.25) is 5.28 Å². The highest BCUT2D eigenvalue weighted by Gasteiger charge is 2.16. The highest BCUT2D eigenvalue weighted by molar-refractivity contribution is 6.28. The van der Waals surface area contributed by atoms with Gasteiger partial charge in [-0.3, -0.25) is 0 Å². The number of aromatic nitrogens is 4. The van der Waals surface area contributed by atoms with Gasteiger partial charge in [0.1, 0.15) is 0 Å². The van der Waals surface area contributed by atoms with E-state index in [0.717, 1.165) is 39.1 Å². The summed E-state index contributed by atoms with van der Waals surface area (Å²) in [4.78, 5) is 14.1. The fourth-order valence-electron chi connectivity index (χ4n) is 6.11. The van der Waals surface area contributed by atoms with Gasteiger partial charge in [0.2, 0.25) is 5.28 Å². The maximum absolute atomic E-state index is 6.57. The molecule has 2 heterocycles. The number of nitrogens with zero attached hydrogens (tertiary/aromatic N) is 4. The SMILES string of the molecule is Clc1nc(-c2cccc(-c3cccc4ccccc34)c2)nc(-c2ccc(-c3ccccc3-c3ccccc3)c(-n3cccc3)c2)n1. The van der Waals surface area contributed by atoms with E-state index in [1.54, 1.807) is 0 Å². The summed E-state index contributed by atoms with van der Waals surface area (Å²) < 4.78 is 2.12. The number of benzene rings is 6. The number of hydrogen-bond donors (Lipinski definition) is 0. The molecule has 6 aromatic carbocycles. The number of hydrogen-bond acceptors (Lipinski definition) is 3. The van der Waals surface area contributed by atoms with Gasteiger partial charge < -0.3 is 4.57 Å². The third-order valence-electron chi connectivity index (χ3n) is 8.27. The molecule has 4 nitrogen and oxygen atoms in total. The summed E-state index contributed by atoms with van der Waals surface area (Å²) in [5.74, 6) is 1.04. The van der Waals surface area contributed by atoms with E-state index in [0.29, 0.717) is 11.6 Å². The van der Waals surface area contributed by atoms with Crippen molar-refractivity contribution in [3.8, 4) is 61.8 Å². The Hall–Kier alpha value is -5.84. The maximum Gasteiger partial charge on any atom is 0.226 e. The zero-order chi connectivity index (χ0) is 30.9. The predicted octanol–water partition coefficient (Wildman–Crippen LogP) is 10.8. The molecule has 0 saturated heterocycles. The normalized spacial score (nSPS) is 11.2. The molecule has 0 bridgehead atoms. The van der Waals surface area contributed by atoms with E-state index >= 15 is 0 Å². The Labute approximate surface area is 272 Å². The Morgan fingerprint density at radius 1 is 0.413 bits per heavy atom. The zero-order valence-electron chi connectivity index (χ0n) is 24.8. The summed E-state index contributed by atoms with van der Waals surface area (Å²) in [5.41, 5.74) is 9.55. The van der Waals surface area contributed by atoms with Crippen molar-refractivity contribution >= 4 is 22.4 Å². The van der Waals surface area contributed by atoms with Crippen LogP contribution in [0.3, 0.4) is 0 Å². The van der Waals surface area contributed by atoms with Gasteiger partial charge in [0.25, 0.3) is 0 Å². The minimum absolute atomic E-state index is 0.150. The smallest absolute Gasteiger partial charge is 0.226 e. The Balaban J connectivity index is 1.23. The fourth-order valence-corrected chi connectivity index (χ4v) is 6.27. The Morgan fingerprint density at radius 3 is 1.85 bits per heavy atom. The van der Waals surface area contributed by atoms with E-state index in [1.165, 1.54) is 21.9 Å². The van der Waals surface area contributed by atoms with Gasteiger partial charge >= 0.3 is 0 Å². The Morgan fingerprint density at radius 2 is 1.02 bits per heavy atom. The predicted molar refractivity (Wildman–Crippen MR) is 189 cm³/mol. The van der Waals surface area contributed by atoms with Crippen LogP contribution in [0.25, 0.3) is 72.6 Å². The molecule has 8 rings (SSSR count). The first-order valence-corrected chi connectivity index (χ1v) is 15.5. The van der Waals surface area contributed by atoms with Crippen molar-refractivity contribution < 1.29 is 0 Å². The van der Waals surface area contributed by atoms with Crippen LogP contribution in [0.4, 0.5) is 0 Å². The van der Waals surface area contributed by atoms with Gasteiger partial charge in [-0.1, -0.05) is 127 Å². The monoisotopic (exact) mass is 610 g/mol. The van der Waals surface area contributed by atoms with Crippen molar-refractivity contribution in [2.45, 2.75) is 0 Å². The van der Waals surface area contributed by atoms with Crippen LogP contribution in [0.5, 0.6) is 0 Å². The summed E-state index contributed by atoms with van der Waals surface area (Å²) in [6.45, 7) is 0. The van der Waals surface area contributed by atoms with Crippen LogP contribution in [-0.2, 0) is 0 Å². The lowest BCUT2D eigenvalue weighted by molar-refractivity contribution is 1.06. The Bertz CT molecular complexity index is 2320. The molecule has 0 saturated carbocycles. The van der Waals surface area contributed by atoms with E-state index in [2.05, 4.69) is 148 Å². The van der Waals surface area contributed by atoms with Gasteiger partial charge in [-0.05, 0) is 74.5 Å². The molecule has 0 fully saturated rings. The molecule has 8 aromatic rings. The van der Waals surface area contributed by atoms with Crippen molar-refractivity contribution in [1.82, 2.24) is 19.5 Å². The molecular formula is C41H27ClN4. The Kier molecular flexibility index (Phi) is 7.18. The van der Waals surface area contributed by atoms with Crippen LogP contribution in [0, 0.1) is 0 Å². The number of halogens is 1. The van der Waals surface area contributed by atoms with Crippen molar-refractivity contribution in [3.05, 3.63) is 169 Å². The van der Waals surface area contributed by atoms with Crippen LogP contribution >= 0.6 is 11.6 Å². The molecule has 0 atom stereocenters. The average molecular weight is 611 g/mol. The van der Waals surface area contributed by atoms with Gasteiger partial charge in [-0.2, -0.15) is 9.97 Å². The largest absolute Gasteiger partial charge is 0.323 e. The third kappa shape index (κ3) is 5.25. The topological polar surface area (TPSA) is 43.6 Å². The molecule has 0 amide bonds. The lowest BCUT2D eigenvalue weighted by atomic mass is 9.92. The summed E-state index contributed by atoms with van der Waals surface area (Å²) in [6, 6.07) is 52.4. The van der Waals surface area contributed by atoms with Gasteiger partial charge in [0.05, 0.1) is 5.69 Å². The molecule has 0 radical (unpaired) electrons. The zero-order valence-corrected chi connectivity index (χ0v) is 25.5. The second-order valence-corrected chi connectivity index (χ2v) is 11.4. The average Bonchev–Trinajstić information content (AvgIpc) is 3.67. The minimum Gasteiger partial charge on any atom is -0.323 e. The second kappa shape index (κ2) is 11.9. The molecule has 2 aromatic heterocycles. The quantitative estimate of drug-likeness (QED) is 0.188. The molecule has 0 N–H and O–H groups in total. The highest BCUT2D eigenvalue weighted by atomic mass is 35.5. The van der Waals surface area contributed by atoms with E-state index in [4.69, 9.17) is 16.6 Å². The lowest BCUT2D eigenvalue weighted by Gasteiger charge is -2.16. The maximum atomic E-state index is 6.57. The number of fused-ring (bicyclic) bond motifs is 1. The molecule has 46 heavy (non-hydrogen) atoms. The lowest BCUT2D eigenvalue weighted by Crippen LogP contribution is -2.00. The van der Waals surface area contributed by atoms with Gasteiger partial charge in [-0.15, -0.1) is 0 Å². The van der Waals surface area contributed by atoms with E-state index in [1.807, 2.05) is 30.3 Å². The highest BCUT2D eigenvalue weighted by Crippen LogP contribution is 2.38. The molecule has 5 heteroatoms.